The molecule has 0 aliphatic carbocycles. The van der Waals surface area contributed by atoms with Gasteiger partial charge in [-0.05, 0) is 18.6 Å². The zero-order chi connectivity index (χ0) is 18.6. The summed E-state index contributed by atoms with van der Waals surface area (Å²) in [6, 6.07) is 16.8. The van der Waals surface area contributed by atoms with E-state index in [9.17, 15) is 18.0 Å². The van der Waals surface area contributed by atoms with Crippen molar-refractivity contribution in [2.24, 2.45) is 0 Å². The Balaban J connectivity index is 1.79. The lowest BCUT2D eigenvalue weighted by Crippen LogP contribution is -2.54. The molecule has 1 heterocycles. The van der Waals surface area contributed by atoms with Gasteiger partial charge in [0.25, 0.3) is 5.91 Å². The summed E-state index contributed by atoms with van der Waals surface area (Å²) >= 11 is 0. The summed E-state index contributed by atoms with van der Waals surface area (Å²) in [5, 5.41) is 5.70. The van der Waals surface area contributed by atoms with Crippen LogP contribution >= 0.6 is 0 Å². The fraction of sp³-hybridized carbons (Fsp3) is 0.263. The molecule has 1 amide bonds. The zero-order valence-electron chi connectivity index (χ0n) is 14.1. The Kier molecular flexibility index (Phi) is 5.49. The van der Waals surface area contributed by atoms with Gasteiger partial charge in [0.15, 0.2) is 15.6 Å². The number of amides is 1. The molecule has 2 unspecified atom stereocenters. The van der Waals surface area contributed by atoms with Crippen LogP contribution in [0.15, 0.2) is 60.7 Å². The summed E-state index contributed by atoms with van der Waals surface area (Å²) in [7, 11) is -3.10. The maximum absolute atomic E-state index is 12.8. The lowest BCUT2D eigenvalue weighted by atomic mass is 10.1. The quantitative estimate of drug-likeness (QED) is 0.591. The standard InChI is InChI=1S/C19H20N2O4S/c22-17(14-7-3-1-4-8-14)18(20-16-11-12-26(24,25)13-16)21-19(23)15-9-5-2-6-10-15/h1-10,16,18,20H,11-13H2,(H,21,23). The van der Waals surface area contributed by atoms with Crippen molar-refractivity contribution < 1.29 is 18.0 Å². The second-order valence-electron chi connectivity index (χ2n) is 6.27. The highest BCUT2D eigenvalue weighted by atomic mass is 32.2. The average Bonchev–Trinajstić information content (AvgIpc) is 3.00. The van der Waals surface area contributed by atoms with Crippen LogP contribution in [0.3, 0.4) is 0 Å². The van der Waals surface area contributed by atoms with Crippen LogP contribution in [0.25, 0.3) is 0 Å². The van der Waals surface area contributed by atoms with E-state index in [1.165, 1.54) is 0 Å². The Labute approximate surface area is 152 Å². The molecule has 7 heteroatoms. The highest BCUT2D eigenvalue weighted by molar-refractivity contribution is 7.91. The molecule has 1 aliphatic rings. The van der Waals surface area contributed by atoms with Gasteiger partial charge >= 0.3 is 0 Å². The number of carbonyl (C=O) groups is 2. The smallest absolute Gasteiger partial charge is 0.252 e. The minimum Gasteiger partial charge on any atom is -0.330 e. The van der Waals surface area contributed by atoms with Gasteiger partial charge in [-0.15, -0.1) is 0 Å². The van der Waals surface area contributed by atoms with Gasteiger partial charge in [-0.3, -0.25) is 14.9 Å². The van der Waals surface area contributed by atoms with Crippen LogP contribution in [-0.4, -0.2) is 43.8 Å². The molecule has 3 rings (SSSR count). The Morgan fingerprint density at radius 3 is 2.04 bits per heavy atom. The Hall–Kier alpha value is -2.51. The van der Waals surface area contributed by atoms with Crippen molar-refractivity contribution in [2.75, 3.05) is 11.5 Å². The third kappa shape index (κ3) is 4.56. The lowest BCUT2D eigenvalue weighted by Gasteiger charge is -2.22. The number of carbonyl (C=O) groups excluding carboxylic acids is 2. The number of ketones is 1. The monoisotopic (exact) mass is 372 g/mol. The van der Waals surface area contributed by atoms with E-state index in [0.717, 1.165) is 0 Å². The molecular weight excluding hydrogens is 352 g/mol. The molecule has 0 spiro atoms. The molecule has 0 bridgehead atoms. The SMILES string of the molecule is O=C(NC(NC1CCS(=O)(=O)C1)C(=O)c1ccccc1)c1ccccc1. The van der Waals surface area contributed by atoms with Crippen LogP contribution in [0.2, 0.25) is 0 Å². The summed E-state index contributed by atoms with van der Waals surface area (Å²) in [6.07, 6.45) is -0.578. The number of hydrogen-bond acceptors (Lipinski definition) is 5. The maximum atomic E-state index is 12.8. The Morgan fingerprint density at radius 2 is 1.50 bits per heavy atom. The van der Waals surface area contributed by atoms with Gasteiger partial charge in [0, 0.05) is 17.2 Å². The normalized spacial score (nSPS) is 19.6. The van der Waals surface area contributed by atoms with Crippen molar-refractivity contribution in [2.45, 2.75) is 18.6 Å². The number of hydrogen-bond donors (Lipinski definition) is 2. The topological polar surface area (TPSA) is 92.3 Å². The fourth-order valence-electron chi connectivity index (χ4n) is 2.92. The Bertz CT molecular complexity index is 882. The molecule has 2 aromatic carbocycles. The second kappa shape index (κ2) is 7.80. The largest absolute Gasteiger partial charge is 0.330 e. The Morgan fingerprint density at radius 1 is 0.923 bits per heavy atom. The molecular formula is C19H20N2O4S. The predicted octanol–water partition coefficient (Wildman–Crippen LogP) is 1.40. The maximum Gasteiger partial charge on any atom is 0.252 e. The van der Waals surface area contributed by atoms with Crippen molar-refractivity contribution in [1.82, 2.24) is 10.6 Å². The van der Waals surface area contributed by atoms with Crippen molar-refractivity contribution in [1.29, 1.82) is 0 Å². The van der Waals surface area contributed by atoms with Crippen LogP contribution in [-0.2, 0) is 9.84 Å². The molecule has 26 heavy (non-hydrogen) atoms. The van der Waals surface area contributed by atoms with Gasteiger partial charge in [0.1, 0.15) is 6.17 Å². The molecule has 0 radical (unpaired) electrons. The summed E-state index contributed by atoms with van der Waals surface area (Å²) in [5.41, 5.74) is 0.874. The highest BCUT2D eigenvalue weighted by Gasteiger charge is 2.32. The molecule has 0 saturated carbocycles. The molecule has 6 nitrogen and oxygen atoms in total. The molecule has 1 fully saturated rings. The third-order valence-electron chi connectivity index (χ3n) is 4.27. The second-order valence-corrected chi connectivity index (χ2v) is 8.50. The van der Waals surface area contributed by atoms with E-state index in [-0.39, 0.29) is 23.3 Å². The lowest BCUT2D eigenvalue weighted by molar-refractivity contribution is 0.0831. The summed E-state index contributed by atoms with van der Waals surface area (Å²) < 4.78 is 23.4. The molecule has 136 valence electrons. The van der Waals surface area contributed by atoms with Gasteiger partial charge in [-0.25, -0.2) is 8.42 Å². The first-order chi connectivity index (χ1) is 12.4. The first-order valence-electron chi connectivity index (χ1n) is 8.36. The van der Waals surface area contributed by atoms with E-state index in [0.29, 0.717) is 17.5 Å². The van der Waals surface area contributed by atoms with Crippen molar-refractivity contribution in [3.63, 3.8) is 0 Å². The number of nitrogens with one attached hydrogen (secondary N) is 2. The third-order valence-corrected chi connectivity index (χ3v) is 6.03. The molecule has 2 atom stereocenters. The van der Waals surface area contributed by atoms with Crippen LogP contribution in [0.1, 0.15) is 27.1 Å². The minimum atomic E-state index is -3.10. The van der Waals surface area contributed by atoms with E-state index in [1.807, 2.05) is 0 Å². The number of Topliss-reactive ketones (excluding diaryl/α,β-unsaturated/α-hetero) is 1. The first-order valence-corrected chi connectivity index (χ1v) is 10.2. The summed E-state index contributed by atoms with van der Waals surface area (Å²) in [6.45, 7) is 0. The van der Waals surface area contributed by atoms with Crippen LogP contribution in [0.4, 0.5) is 0 Å². The van der Waals surface area contributed by atoms with Gasteiger partial charge in [0.2, 0.25) is 0 Å². The van der Waals surface area contributed by atoms with Crippen molar-refractivity contribution in [3.05, 3.63) is 71.8 Å². The van der Waals surface area contributed by atoms with Crippen LogP contribution < -0.4 is 10.6 Å². The fourth-order valence-corrected chi connectivity index (χ4v) is 4.60. The zero-order valence-corrected chi connectivity index (χ0v) is 14.9. The van der Waals surface area contributed by atoms with Gasteiger partial charge < -0.3 is 5.32 Å². The predicted molar refractivity (Wildman–Crippen MR) is 98.7 cm³/mol. The summed E-state index contributed by atoms with van der Waals surface area (Å²) in [4.78, 5) is 25.3. The number of sulfone groups is 1. The minimum absolute atomic E-state index is 0.0349. The average molecular weight is 372 g/mol. The van der Waals surface area contributed by atoms with Crippen LogP contribution in [0.5, 0.6) is 0 Å². The van der Waals surface area contributed by atoms with E-state index >= 15 is 0 Å². The van der Waals surface area contributed by atoms with Gasteiger partial charge in [-0.1, -0.05) is 48.5 Å². The molecule has 2 aromatic rings. The molecule has 1 aliphatic heterocycles. The summed E-state index contributed by atoms with van der Waals surface area (Å²) in [5.74, 6) is -0.650. The highest BCUT2D eigenvalue weighted by Crippen LogP contribution is 2.13. The van der Waals surface area contributed by atoms with Crippen LogP contribution in [0, 0.1) is 0 Å². The molecule has 1 saturated heterocycles. The number of benzene rings is 2. The van der Waals surface area contributed by atoms with Gasteiger partial charge in [0.05, 0.1) is 11.5 Å². The number of rotatable bonds is 6. The van der Waals surface area contributed by atoms with Gasteiger partial charge in [-0.2, -0.15) is 0 Å². The van der Waals surface area contributed by atoms with E-state index in [2.05, 4.69) is 10.6 Å². The van der Waals surface area contributed by atoms with Crippen molar-refractivity contribution >= 4 is 21.5 Å². The van der Waals surface area contributed by atoms with E-state index in [4.69, 9.17) is 0 Å². The molecule has 2 N–H and O–H groups in total. The van der Waals surface area contributed by atoms with E-state index < -0.39 is 21.9 Å². The van der Waals surface area contributed by atoms with Crippen molar-refractivity contribution in [3.8, 4) is 0 Å². The molecule has 0 aromatic heterocycles. The van der Waals surface area contributed by atoms with E-state index in [1.54, 1.807) is 60.7 Å². The first kappa shape index (κ1) is 18.3.